The number of anilines is 1. The molecule has 1 aromatic heterocycles. The second-order valence-electron chi connectivity index (χ2n) is 8.97. The van der Waals surface area contributed by atoms with Crippen molar-refractivity contribution in [3.05, 3.63) is 64.4 Å². The Labute approximate surface area is 196 Å². The zero-order valence-electron chi connectivity index (χ0n) is 18.4. The fourth-order valence-electron chi connectivity index (χ4n) is 5.10. The molecule has 1 atom stereocenters. The highest BCUT2D eigenvalue weighted by Crippen LogP contribution is 2.49. The molecule has 1 spiro atoms. The lowest BCUT2D eigenvalue weighted by Gasteiger charge is -2.42. The van der Waals surface area contributed by atoms with E-state index in [1.165, 1.54) is 4.90 Å². The topological polar surface area (TPSA) is 94.8 Å². The van der Waals surface area contributed by atoms with Crippen molar-refractivity contribution in [1.82, 2.24) is 10.2 Å². The largest absolute Gasteiger partial charge is 0.450 e. The number of fused-ring (bicyclic) bond motifs is 4. The predicted molar refractivity (Wildman–Crippen MR) is 127 cm³/mol. The lowest BCUT2D eigenvalue weighted by molar-refractivity contribution is 0.0653. The molecule has 3 amide bonds. The molecule has 172 valence electrons. The number of carbonyl (C=O) groups is 2. The summed E-state index contributed by atoms with van der Waals surface area (Å²) in [6.07, 6.45) is 3.85. The van der Waals surface area contributed by atoms with Gasteiger partial charge in [0, 0.05) is 18.0 Å². The first kappa shape index (κ1) is 21.8. The van der Waals surface area contributed by atoms with Crippen molar-refractivity contribution in [1.29, 1.82) is 0 Å². The van der Waals surface area contributed by atoms with Gasteiger partial charge in [0.2, 0.25) is 0 Å². The molecule has 0 radical (unpaired) electrons. The van der Waals surface area contributed by atoms with Crippen molar-refractivity contribution >= 4 is 40.2 Å². The first-order valence-corrected chi connectivity index (χ1v) is 11.6. The molecule has 3 N–H and O–H groups in total. The van der Waals surface area contributed by atoms with E-state index in [4.69, 9.17) is 16.0 Å². The maximum atomic E-state index is 13.2. The SMILES string of the molecule is CN(CC(O)c1ccccc1)C(=O)c1cc2cc(Cl)c3c(c2o1)C1(CCCCC1)NC(=O)N3. The van der Waals surface area contributed by atoms with Gasteiger partial charge in [-0.05, 0) is 30.5 Å². The Morgan fingerprint density at radius 3 is 2.67 bits per heavy atom. The molecule has 2 aromatic carbocycles. The van der Waals surface area contributed by atoms with Gasteiger partial charge in [-0.1, -0.05) is 61.2 Å². The number of furan rings is 1. The van der Waals surface area contributed by atoms with Crippen LogP contribution in [0.3, 0.4) is 0 Å². The van der Waals surface area contributed by atoms with E-state index in [1.807, 2.05) is 30.3 Å². The van der Waals surface area contributed by atoms with Crippen molar-refractivity contribution in [2.75, 3.05) is 18.9 Å². The number of hydrogen-bond acceptors (Lipinski definition) is 4. The van der Waals surface area contributed by atoms with E-state index in [-0.39, 0.29) is 24.2 Å². The van der Waals surface area contributed by atoms with Crippen LogP contribution in [0.4, 0.5) is 10.5 Å². The van der Waals surface area contributed by atoms with Gasteiger partial charge in [0.05, 0.1) is 28.9 Å². The van der Waals surface area contributed by atoms with Crippen LogP contribution < -0.4 is 10.6 Å². The third-order valence-electron chi connectivity index (χ3n) is 6.72. The van der Waals surface area contributed by atoms with Gasteiger partial charge in [-0.25, -0.2) is 4.79 Å². The quantitative estimate of drug-likeness (QED) is 0.492. The number of nitrogens with zero attached hydrogens (tertiary/aromatic N) is 1. The standard InChI is InChI=1S/C25H26ClN3O4/c1-29(14-18(30)15-8-4-2-5-9-15)23(31)19-13-16-12-17(26)21-20(22(16)33-19)25(28-24(32)27-21)10-6-3-7-11-25/h2,4-5,8-9,12-13,18,30H,3,6-7,10-11,14H2,1H3,(H2,27,28,32). The van der Waals surface area contributed by atoms with Crippen LogP contribution in [0.15, 0.2) is 46.9 Å². The predicted octanol–water partition coefficient (Wildman–Crippen LogP) is 5.19. The molecule has 3 aromatic rings. The van der Waals surface area contributed by atoms with Crippen molar-refractivity contribution in [2.24, 2.45) is 0 Å². The number of likely N-dealkylation sites (N-methyl/N-ethyl adjacent to an activating group) is 1. The van der Waals surface area contributed by atoms with Crippen LogP contribution in [0.25, 0.3) is 11.0 Å². The van der Waals surface area contributed by atoms with E-state index in [0.717, 1.165) is 43.2 Å². The summed E-state index contributed by atoms with van der Waals surface area (Å²) in [5.74, 6) is -0.170. The van der Waals surface area contributed by atoms with Crippen molar-refractivity contribution in [3.8, 4) is 0 Å². The number of amides is 3. The van der Waals surface area contributed by atoms with E-state index in [2.05, 4.69) is 10.6 Å². The highest BCUT2D eigenvalue weighted by molar-refractivity contribution is 6.35. The van der Waals surface area contributed by atoms with Gasteiger partial charge in [0.15, 0.2) is 5.76 Å². The average molecular weight is 468 g/mol. The number of nitrogens with one attached hydrogen (secondary N) is 2. The molecule has 1 saturated carbocycles. The van der Waals surface area contributed by atoms with E-state index in [0.29, 0.717) is 21.7 Å². The maximum absolute atomic E-state index is 13.2. The molecule has 0 saturated heterocycles. The van der Waals surface area contributed by atoms with E-state index in [1.54, 1.807) is 19.2 Å². The Kier molecular flexibility index (Phi) is 5.54. The lowest BCUT2D eigenvalue weighted by atomic mass is 9.74. The van der Waals surface area contributed by atoms with Crippen LogP contribution in [0, 0.1) is 0 Å². The fraction of sp³-hybridized carbons (Fsp3) is 0.360. The van der Waals surface area contributed by atoms with Gasteiger partial charge in [0.1, 0.15) is 5.58 Å². The number of halogens is 1. The van der Waals surface area contributed by atoms with Gasteiger partial charge < -0.3 is 25.1 Å². The van der Waals surface area contributed by atoms with E-state index in [9.17, 15) is 14.7 Å². The zero-order chi connectivity index (χ0) is 23.2. The molecule has 1 unspecified atom stereocenters. The Hall–Kier alpha value is -3.03. The molecule has 0 bridgehead atoms. The van der Waals surface area contributed by atoms with E-state index >= 15 is 0 Å². The molecule has 33 heavy (non-hydrogen) atoms. The third kappa shape index (κ3) is 3.85. The van der Waals surface area contributed by atoms with Crippen LogP contribution in [-0.4, -0.2) is 35.5 Å². The number of hydrogen-bond donors (Lipinski definition) is 3. The summed E-state index contributed by atoms with van der Waals surface area (Å²) in [4.78, 5) is 27.0. The van der Waals surface area contributed by atoms with E-state index < -0.39 is 11.6 Å². The first-order chi connectivity index (χ1) is 15.9. The molecule has 1 fully saturated rings. The number of aliphatic hydroxyl groups is 1. The maximum Gasteiger partial charge on any atom is 0.319 e. The molecular formula is C25H26ClN3O4. The Bertz CT molecular complexity index is 1220. The number of urea groups is 1. The van der Waals surface area contributed by atoms with Gasteiger partial charge in [-0.3, -0.25) is 4.79 Å². The van der Waals surface area contributed by atoms with Crippen LogP contribution in [0.5, 0.6) is 0 Å². The Morgan fingerprint density at radius 2 is 1.94 bits per heavy atom. The number of rotatable bonds is 4. The van der Waals surface area contributed by atoms with Crippen LogP contribution in [0.1, 0.15) is 59.9 Å². The normalized spacial score (nSPS) is 17.8. The lowest BCUT2D eigenvalue weighted by Crippen LogP contribution is -2.52. The highest BCUT2D eigenvalue weighted by atomic mass is 35.5. The summed E-state index contributed by atoms with van der Waals surface area (Å²) < 4.78 is 6.13. The second kappa shape index (κ2) is 8.39. The van der Waals surface area contributed by atoms with Crippen LogP contribution >= 0.6 is 11.6 Å². The summed E-state index contributed by atoms with van der Waals surface area (Å²) in [5, 5.41) is 17.6. The fourth-order valence-corrected chi connectivity index (χ4v) is 5.36. The molecule has 8 heteroatoms. The zero-order valence-corrected chi connectivity index (χ0v) is 19.1. The van der Waals surface area contributed by atoms with Crippen LogP contribution in [0.2, 0.25) is 5.02 Å². The van der Waals surface area contributed by atoms with Crippen molar-refractivity contribution in [2.45, 2.75) is 43.7 Å². The minimum Gasteiger partial charge on any atom is -0.450 e. The molecule has 5 rings (SSSR count). The van der Waals surface area contributed by atoms with Crippen molar-refractivity contribution < 1.29 is 19.1 Å². The number of benzene rings is 2. The highest BCUT2D eigenvalue weighted by Gasteiger charge is 2.44. The average Bonchev–Trinajstić information content (AvgIpc) is 3.23. The molecule has 2 aliphatic rings. The summed E-state index contributed by atoms with van der Waals surface area (Å²) >= 11 is 6.56. The molecule has 1 aliphatic heterocycles. The summed E-state index contributed by atoms with van der Waals surface area (Å²) in [5.41, 5.74) is 2.10. The van der Waals surface area contributed by atoms with Gasteiger partial charge in [0.25, 0.3) is 5.91 Å². The summed E-state index contributed by atoms with van der Waals surface area (Å²) in [7, 11) is 1.63. The minimum atomic E-state index is -0.809. The third-order valence-corrected chi connectivity index (χ3v) is 7.02. The summed E-state index contributed by atoms with van der Waals surface area (Å²) in [6.45, 7) is 0.125. The van der Waals surface area contributed by atoms with Gasteiger partial charge >= 0.3 is 6.03 Å². The Balaban J connectivity index is 1.50. The first-order valence-electron chi connectivity index (χ1n) is 11.2. The smallest absolute Gasteiger partial charge is 0.319 e. The molecule has 7 nitrogen and oxygen atoms in total. The number of aliphatic hydroxyl groups excluding tert-OH is 1. The van der Waals surface area contributed by atoms with Gasteiger partial charge in [-0.2, -0.15) is 0 Å². The molecular weight excluding hydrogens is 442 g/mol. The second-order valence-corrected chi connectivity index (χ2v) is 9.38. The Morgan fingerprint density at radius 1 is 1.21 bits per heavy atom. The van der Waals surface area contributed by atoms with Crippen molar-refractivity contribution in [3.63, 3.8) is 0 Å². The molecule has 1 aliphatic carbocycles. The number of carbonyl (C=O) groups excluding carboxylic acids is 2. The van der Waals surface area contributed by atoms with Crippen LogP contribution in [-0.2, 0) is 5.54 Å². The minimum absolute atomic E-state index is 0.125. The summed E-state index contributed by atoms with van der Waals surface area (Å²) in [6, 6.07) is 12.3. The monoisotopic (exact) mass is 467 g/mol. The van der Waals surface area contributed by atoms with Gasteiger partial charge in [-0.15, -0.1) is 0 Å². The molecule has 2 heterocycles.